The number of benzene rings is 1. The van der Waals surface area contributed by atoms with Crippen molar-refractivity contribution in [2.45, 2.75) is 43.6 Å². The second-order valence-electron chi connectivity index (χ2n) is 8.73. The summed E-state index contributed by atoms with van der Waals surface area (Å²) in [6.07, 6.45) is 0.882. The highest BCUT2D eigenvalue weighted by molar-refractivity contribution is 5.33. The summed E-state index contributed by atoms with van der Waals surface area (Å²) in [6.45, 7) is 7.64. The third-order valence-corrected chi connectivity index (χ3v) is 6.49. The van der Waals surface area contributed by atoms with E-state index in [1.807, 2.05) is 6.07 Å². The van der Waals surface area contributed by atoms with Crippen molar-refractivity contribution in [3.63, 3.8) is 0 Å². The van der Waals surface area contributed by atoms with Crippen molar-refractivity contribution in [1.29, 1.82) is 0 Å². The van der Waals surface area contributed by atoms with Gasteiger partial charge in [-0.3, -0.25) is 19.4 Å². The number of nitrogens with zero attached hydrogens (tertiary/aromatic N) is 2. The number of rotatable bonds is 6. The standard InChI is InChI=1S/C22H34N2O5.2CH2O2/c25-19-15-22(29-17-20(19)26)5-7-24(8-6-22)16-18-3-1-2-4-21(18)28-14-11-23-9-12-27-13-10-23;2*2-1-3/h1-4,19-20,25-26H,5-17H2;2*1H,(H,2,3)/t19-,20+;;/m1../s1. The summed E-state index contributed by atoms with van der Waals surface area (Å²) in [5.41, 5.74) is 0.939. The van der Waals surface area contributed by atoms with Crippen molar-refractivity contribution in [2.24, 2.45) is 0 Å². The smallest absolute Gasteiger partial charge is 0.290 e. The van der Waals surface area contributed by atoms with Crippen molar-refractivity contribution in [2.75, 3.05) is 59.2 Å². The van der Waals surface area contributed by atoms with Gasteiger partial charge in [0.2, 0.25) is 0 Å². The van der Waals surface area contributed by atoms with Crippen LogP contribution >= 0.6 is 0 Å². The molecule has 4 rings (SSSR count). The van der Waals surface area contributed by atoms with Crippen LogP contribution in [0.2, 0.25) is 0 Å². The van der Waals surface area contributed by atoms with E-state index in [4.69, 9.17) is 34.0 Å². The summed E-state index contributed by atoms with van der Waals surface area (Å²) in [5.74, 6) is 0.966. The van der Waals surface area contributed by atoms with Crippen LogP contribution in [0.15, 0.2) is 24.3 Å². The minimum atomic E-state index is -0.750. The first-order valence-corrected chi connectivity index (χ1v) is 11.9. The van der Waals surface area contributed by atoms with Crippen molar-refractivity contribution < 1.29 is 44.2 Å². The lowest BCUT2D eigenvalue weighted by atomic mass is 9.82. The van der Waals surface area contributed by atoms with Gasteiger partial charge in [0.1, 0.15) is 18.5 Å². The Morgan fingerprint density at radius 3 is 2.23 bits per heavy atom. The third kappa shape index (κ3) is 9.71. The predicted octanol–water partition coefficient (Wildman–Crippen LogP) is 0.276. The van der Waals surface area contributed by atoms with Crippen LogP contribution in [-0.2, 0) is 25.6 Å². The van der Waals surface area contributed by atoms with E-state index in [0.717, 1.165) is 71.1 Å². The van der Waals surface area contributed by atoms with Gasteiger partial charge in [-0.15, -0.1) is 0 Å². The number of likely N-dealkylation sites (tertiary alicyclic amines) is 1. The molecular weight excluding hydrogens is 460 g/mol. The lowest BCUT2D eigenvalue weighted by molar-refractivity contribution is -0.188. The summed E-state index contributed by atoms with van der Waals surface area (Å²) in [4.78, 5) is 21.5. The van der Waals surface area contributed by atoms with Gasteiger partial charge in [0, 0.05) is 51.3 Å². The Bertz CT molecular complexity index is 731. The zero-order valence-electron chi connectivity index (χ0n) is 20.0. The number of hydrogen-bond donors (Lipinski definition) is 4. The number of morpholine rings is 1. The van der Waals surface area contributed by atoms with E-state index < -0.39 is 12.2 Å². The van der Waals surface area contributed by atoms with Crippen LogP contribution in [0.5, 0.6) is 5.75 Å². The van der Waals surface area contributed by atoms with Crippen LogP contribution in [0.4, 0.5) is 0 Å². The van der Waals surface area contributed by atoms with Gasteiger partial charge in [-0.05, 0) is 18.9 Å². The molecule has 4 N–H and O–H groups in total. The highest BCUT2D eigenvalue weighted by atomic mass is 16.5. The van der Waals surface area contributed by atoms with Gasteiger partial charge in [0.25, 0.3) is 12.9 Å². The Morgan fingerprint density at radius 2 is 1.60 bits per heavy atom. The minimum absolute atomic E-state index is 0.237. The normalized spacial score (nSPS) is 24.3. The van der Waals surface area contributed by atoms with E-state index in [2.05, 4.69) is 28.0 Å². The SMILES string of the molecule is O=CO.O=CO.O[C@@H]1CC2(CCN(Cc3ccccc3OCCN3CCOCC3)CC2)OC[C@@H]1O. The molecule has 0 radical (unpaired) electrons. The van der Waals surface area contributed by atoms with Gasteiger partial charge in [0.05, 0.1) is 31.5 Å². The molecule has 1 aromatic rings. The van der Waals surface area contributed by atoms with Crippen LogP contribution in [0.25, 0.3) is 0 Å². The average molecular weight is 499 g/mol. The molecule has 0 aliphatic carbocycles. The van der Waals surface area contributed by atoms with Gasteiger partial charge < -0.3 is 34.6 Å². The Kier molecular flexibility index (Phi) is 13.0. The Morgan fingerprint density at radius 1 is 0.971 bits per heavy atom. The molecule has 11 heteroatoms. The first-order valence-electron chi connectivity index (χ1n) is 11.9. The number of ether oxygens (including phenoxy) is 3. The van der Waals surface area contributed by atoms with Crippen molar-refractivity contribution in [3.05, 3.63) is 29.8 Å². The van der Waals surface area contributed by atoms with Crippen LogP contribution in [-0.4, -0.2) is 120 Å². The number of para-hydroxylation sites is 1. The first kappa shape index (κ1) is 29.0. The fourth-order valence-corrected chi connectivity index (χ4v) is 4.54. The van der Waals surface area contributed by atoms with Crippen molar-refractivity contribution >= 4 is 12.9 Å². The zero-order valence-corrected chi connectivity index (χ0v) is 20.0. The summed E-state index contributed by atoms with van der Waals surface area (Å²) in [6, 6.07) is 8.30. The summed E-state index contributed by atoms with van der Waals surface area (Å²) in [7, 11) is 0. The van der Waals surface area contributed by atoms with E-state index in [9.17, 15) is 10.2 Å². The molecule has 1 spiro atoms. The molecule has 2 atom stereocenters. The first-order chi connectivity index (χ1) is 17.0. The number of aliphatic hydroxyl groups excluding tert-OH is 2. The molecule has 3 fully saturated rings. The van der Waals surface area contributed by atoms with E-state index in [1.165, 1.54) is 5.56 Å². The lowest BCUT2D eigenvalue weighted by Gasteiger charge is -2.46. The summed E-state index contributed by atoms with van der Waals surface area (Å²) in [5, 5.41) is 33.5. The van der Waals surface area contributed by atoms with E-state index in [0.29, 0.717) is 13.0 Å². The molecule has 3 heterocycles. The van der Waals surface area contributed by atoms with Gasteiger partial charge >= 0.3 is 0 Å². The van der Waals surface area contributed by atoms with Crippen LogP contribution in [0, 0.1) is 0 Å². The molecule has 0 amide bonds. The Labute approximate surface area is 205 Å². The Balaban J connectivity index is 0.000000655. The van der Waals surface area contributed by atoms with Crippen LogP contribution in [0.1, 0.15) is 24.8 Å². The fraction of sp³-hybridized carbons (Fsp3) is 0.667. The van der Waals surface area contributed by atoms with E-state index in [1.54, 1.807) is 0 Å². The van der Waals surface area contributed by atoms with E-state index >= 15 is 0 Å². The molecule has 3 saturated heterocycles. The molecule has 0 unspecified atom stereocenters. The largest absolute Gasteiger partial charge is 0.492 e. The quantitative estimate of drug-likeness (QED) is 0.401. The maximum absolute atomic E-state index is 10.0. The third-order valence-electron chi connectivity index (χ3n) is 6.49. The lowest BCUT2D eigenvalue weighted by Crippen LogP contribution is -2.54. The molecule has 1 aromatic carbocycles. The van der Waals surface area contributed by atoms with Crippen molar-refractivity contribution in [1.82, 2.24) is 9.80 Å². The zero-order chi connectivity index (χ0) is 25.5. The van der Waals surface area contributed by atoms with Crippen LogP contribution in [0.3, 0.4) is 0 Å². The Hall–Kier alpha value is -2.28. The molecule has 35 heavy (non-hydrogen) atoms. The summed E-state index contributed by atoms with van der Waals surface area (Å²) >= 11 is 0. The van der Waals surface area contributed by atoms with Crippen LogP contribution < -0.4 is 4.74 Å². The maximum Gasteiger partial charge on any atom is 0.290 e. The number of carboxylic acid groups (broad SMARTS) is 2. The molecule has 11 nitrogen and oxygen atoms in total. The highest BCUT2D eigenvalue weighted by Crippen LogP contribution is 2.36. The van der Waals surface area contributed by atoms with Crippen molar-refractivity contribution in [3.8, 4) is 5.75 Å². The molecule has 3 aliphatic heterocycles. The molecular formula is C24H38N2O9. The van der Waals surface area contributed by atoms with Gasteiger partial charge in [-0.1, -0.05) is 18.2 Å². The number of carbonyl (C=O) groups is 2. The molecule has 3 aliphatic rings. The fourth-order valence-electron chi connectivity index (χ4n) is 4.54. The number of hydrogen-bond acceptors (Lipinski definition) is 9. The molecule has 198 valence electrons. The number of aliphatic hydroxyl groups is 2. The monoisotopic (exact) mass is 498 g/mol. The second-order valence-corrected chi connectivity index (χ2v) is 8.73. The average Bonchev–Trinajstić information content (AvgIpc) is 2.86. The molecule has 0 bridgehead atoms. The van der Waals surface area contributed by atoms with Gasteiger partial charge in [-0.25, -0.2) is 0 Å². The van der Waals surface area contributed by atoms with Gasteiger partial charge in [-0.2, -0.15) is 0 Å². The highest BCUT2D eigenvalue weighted by Gasteiger charge is 2.42. The molecule has 0 aromatic heterocycles. The van der Waals surface area contributed by atoms with Gasteiger partial charge in [0.15, 0.2) is 0 Å². The second kappa shape index (κ2) is 15.7. The summed E-state index contributed by atoms with van der Waals surface area (Å²) < 4.78 is 17.5. The minimum Gasteiger partial charge on any atom is -0.492 e. The molecule has 0 saturated carbocycles. The maximum atomic E-state index is 10.0. The topological polar surface area (TPSA) is 149 Å². The van der Waals surface area contributed by atoms with E-state index in [-0.39, 0.29) is 25.2 Å². The predicted molar refractivity (Wildman–Crippen MR) is 126 cm³/mol. The number of piperidine rings is 1.